The fourth-order valence-electron chi connectivity index (χ4n) is 6.68. The summed E-state index contributed by atoms with van der Waals surface area (Å²) in [5, 5.41) is 0. The van der Waals surface area contributed by atoms with E-state index in [-0.39, 0.29) is 0 Å². The number of rotatable bonds is 8. The zero-order valence-electron chi connectivity index (χ0n) is 29.3. The third kappa shape index (κ3) is 6.82. The molecule has 0 radical (unpaired) electrons. The average Bonchev–Trinajstić information content (AvgIpc) is 3.27. The number of nitrogens with zero attached hydrogens (tertiary/aromatic N) is 5. The minimum Gasteiger partial charge on any atom is -0.255 e. The Morgan fingerprint density at radius 1 is 0.259 bits per heavy atom. The Kier molecular flexibility index (Phi) is 8.86. The number of hydrogen-bond acceptors (Lipinski definition) is 5. The van der Waals surface area contributed by atoms with Crippen LogP contribution >= 0.6 is 0 Å². The fraction of sp³-hybridized carbons (Fsp3) is 0. The molecule has 0 saturated heterocycles. The van der Waals surface area contributed by atoms with Gasteiger partial charge in [-0.15, -0.1) is 0 Å². The maximum Gasteiger partial charge on any atom is 0.160 e. The zero-order chi connectivity index (χ0) is 36.1. The predicted octanol–water partition coefficient (Wildman–Crippen LogP) is 12.0. The van der Waals surface area contributed by atoms with Crippen LogP contribution in [0.5, 0.6) is 0 Å². The summed E-state index contributed by atoms with van der Waals surface area (Å²) >= 11 is 0. The molecule has 0 N–H and O–H groups in total. The standard InChI is InChI=1S/C49H33N5/c1-4-14-34(15-5-1)40-30-47(43-22-12-13-29-50-43)52-48(31-40)44-28-27-39(33-51-44)35-23-25-36(26-24-35)41-20-10-11-21-42(41)46-32-45(37-16-6-2-7-17-37)53-49(54-46)38-18-8-3-9-19-38/h1-33H. The van der Waals surface area contributed by atoms with E-state index in [4.69, 9.17) is 19.9 Å². The van der Waals surface area contributed by atoms with E-state index in [0.29, 0.717) is 5.82 Å². The summed E-state index contributed by atoms with van der Waals surface area (Å²) in [6.07, 6.45) is 3.72. The first kappa shape index (κ1) is 32.5. The van der Waals surface area contributed by atoms with E-state index in [1.807, 2.05) is 85.1 Å². The van der Waals surface area contributed by atoms with Gasteiger partial charge in [-0.3, -0.25) is 9.97 Å². The molecule has 0 amide bonds. The van der Waals surface area contributed by atoms with Crippen molar-refractivity contribution in [1.29, 1.82) is 0 Å². The lowest BCUT2D eigenvalue weighted by Gasteiger charge is -2.13. The Morgan fingerprint density at radius 3 is 1.44 bits per heavy atom. The lowest BCUT2D eigenvalue weighted by Crippen LogP contribution is -1.97. The molecule has 0 aliphatic carbocycles. The summed E-state index contributed by atoms with van der Waals surface area (Å²) in [5.74, 6) is 0.697. The van der Waals surface area contributed by atoms with Crippen LogP contribution in [-0.4, -0.2) is 24.9 Å². The van der Waals surface area contributed by atoms with Crippen molar-refractivity contribution in [1.82, 2.24) is 24.9 Å². The van der Waals surface area contributed by atoms with Crippen molar-refractivity contribution in [3.05, 3.63) is 200 Å². The van der Waals surface area contributed by atoms with Crippen LogP contribution in [0, 0.1) is 0 Å². The summed E-state index contributed by atoms with van der Waals surface area (Å²) in [5.41, 5.74) is 14.5. The average molecular weight is 692 g/mol. The molecule has 4 heterocycles. The fourth-order valence-corrected chi connectivity index (χ4v) is 6.68. The van der Waals surface area contributed by atoms with Crippen molar-refractivity contribution in [2.24, 2.45) is 0 Å². The van der Waals surface area contributed by atoms with Crippen LogP contribution in [0.15, 0.2) is 200 Å². The highest BCUT2D eigenvalue weighted by Gasteiger charge is 2.15. The van der Waals surface area contributed by atoms with E-state index in [9.17, 15) is 0 Å². The van der Waals surface area contributed by atoms with Crippen LogP contribution in [-0.2, 0) is 0 Å². The van der Waals surface area contributed by atoms with Crippen molar-refractivity contribution in [3.8, 4) is 90.1 Å². The molecule has 54 heavy (non-hydrogen) atoms. The molecular formula is C49H33N5. The lowest BCUT2D eigenvalue weighted by atomic mass is 9.95. The van der Waals surface area contributed by atoms with E-state index in [1.54, 1.807) is 6.20 Å². The number of aromatic nitrogens is 5. The van der Waals surface area contributed by atoms with Gasteiger partial charge in [0, 0.05) is 34.6 Å². The van der Waals surface area contributed by atoms with Gasteiger partial charge in [-0.1, -0.05) is 152 Å². The van der Waals surface area contributed by atoms with Crippen LogP contribution in [0.3, 0.4) is 0 Å². The molecule has 9 aromatic rings. The molecule has 0 aliphatic heterocycles. The first-order valence-electron chi connectivity index (χ1n) is 17.9. The molecule has 9 rings (SSSR count). The Balaban J connectivity index is 1.04. The summed E-state index contributed by atoms with van der Waals surface area (Å²) in [7, 11) is 0. The van der Waals surface area contributed by atoms with Crippen molar-refractivity contribution in [3.63, 3.8) is 0 Å². The normalized spacial score (nSPS) is 11.0. The molecule has 0 spiro atoms. The van der Waals surface area contributed by atoms with E-state index >= 15 is 0 Å². The molecule has 5 aromatic carbocycles. The molecule has 5 nitrogen and oxygen atoms in total. The second kappa shape index (κ2) is 14.7. The SMILES string of the molecule is c1ccc(-c2cc(-c3ccccn3)nc(-c3ccc(-c4ccc(-c5ccccc5-c5cc(-c6ccccc6)nc(-c6ccccc6)n5)cc4)cn3)c2)cc1. The molecule has 0 fully saturated rings. The first-order valence-corrected chi connectivity index (χ1v) is 17.9. The second-order valence-corrected chi connectivity index (χ2v) is 13.0. The Hall–Kier alpha value is -7.37. The number of benzene rings is 5. The van der Waals surface area contributed by atoms with Gasteiger partial charge in [0.2, 0.25) is 0 Å². The summed E-state index contributed by atoms with van der Waals surface area (Å²) < 4.78 is 0. The van der Waals surface area contributed by atoms with E-state index in [0.717, 1.165) is 84.2 Å². The predicted molar refractivity (Wildman–Crippen MR) is 219 cm³/mol. The van der Waals surface area contributed by atoms with Crippen molar-refractivity contribution in [2.45, 2.75) is 0 Å². The largest absolute Gasteiger partial charge is 0.255 e. The molecule has 254 valence electrons. The highest BCUT2D eigenvalue weighted by atomic mass is 14.9. The van der Waals surface area contributed by atoms with Gasteiger partial charge < -0.3 is 0 Å². The molecule has 0 bridgehead atoms. The molecule has 0 saturated carbocycles. The molecule has 5 heteroatoms. The quantitative estimate of drug-likeness (QED) is 0.159. The monoisotopic (exact) mass is 691 g/mol. The van der Waals surface area contributed by atoms with Gasteiger partial charge in [-0.05, 0) is 64.2 Å². The van der Waals surface area contributed by atoms with Crippen LogP contribution < -0.4 is 0 Å². The maximum atomic E-state index is 5.10. The summed E-state index contributed by atoms with van der Waals surface area (Å²) in [6.45, 7) is 0. The van der Waals surface area contributed by atoms with Crippen LogP contribution in [0.4, 0.5) is 0 Å². The van der Waals surface area contributed by atoms with Gasteiger partial charge in [0.25, 0.3) is 0 Å². The summed E-state index contributed by atoms with van der Waals surface area (Å²) in [4.78, 5) is 24.5. The smallest absolute Gasteiger partial charge is 0.160 e. The third-order valence-corrected chi connectivity index (χ3v) is 9.45. The van der Waals surface area contributed by atoms with Gasteiger partial charge >= 0.3 is 0 Å². The summed E-state index contributed by atoms with van der Waals surface area (Å²) in [6, 6.07) is 64.2. The second-order valence-electron chi connectivity index (χ2n) is 13.0. The van der Waals surface area contributed by atoms with E-state index in [1.165, 1.54) is 0 Å². The van der Waals surface area contributed by atoms with Gasteiger partial charge in [-0.2, -0.15) is 0 Å². The lowest BCUT2D eigenvalue weighted by molar-refractivity contribution is 1.18. The van der Waals surface area contributed by atoms with E-state index in [2.05, 4.69) is 114 Å². The Bertz CT molecular complexity index is 2550. The highest BCUT2D eigenvalue weighted by molar-refractivity contribution is 5.85. The molecule has 0 atom stereocenters. The van der Waals surface area contributed by atoms with Crippen LogP contribution in [0.2, 0.25) is 0 Å². The molecule has 0 aliphatic rings. The molecule has 0 unspecified atom stereocenters. The maximum absolute atomic E-state index is 5.10. The highest BCUT2D eigenvalue weighted by Crippen LogP contribution is 2.36. The minimum atomic E-state index is 0.697. The topological polar surface area (TPSA) is 64.5 Å². The van der Waals surface area contributed by atoms with Crippen molar-refractivity contribution >= 4 is 0 Å². The molecule has 4 aromatic heterocycles. The van der Waals surface area contributed by atoms with Gasteiger partial charge in [-0.25, -0.2) is 15.0 Å². The minimum absolute atomic E-state index is 0.697. The van der Waals surface area contributed by atoms with Gasteiger partial charge in [0.05, 0.1) is 34.2 Å². The third-order valence-electron chi connectivity index (χ3n) is 9.45. The number of pyridine rings is 3. The molecular weight excluding hydrogens is 659 g/mol. The zero-order valence-corrected chi connectivity index (χ0v) is 29.3. The van der Waals surface area contributed by atoms with Gasteiger partial charge in [0.15, 0.2) is 5.82 Å². The van der Waals surface area contributed by atoms with Crippen LogP contribution in [0.25, 0.3) is 90.1 Å². The van der Waals surface area contributed by atoms with Gasteiger partial charge in [0.1, 0.15) is 0 Å². The first-order chi connectivity index (χ1) is 26.7. The number of hydrogen-bond donors (Lipinski definition) is 0. The van der Waals surface area contributed by atoms with Crippen molar-refractivity contribution < 1.29 is 0 Å². The Morgan fingerprint density at radius 2 is 0.796 bits per heavy atom. The van der Waals surface area contributed by atoms with E-state index < -0.39 is 0 Å². The van der Waals surface area contributed by atoms with Crippen LogP contribution in [0.1, 0.15) is 0 Å². The van der Waals surface area contributed by atoms with Crippen molar-refractivity contribution in [2.75, 3.05) is 0 Å². The Labute approximate surface area is 314 Å².